The number of rotatable bonds is 4. The lowest BCUT2D eigenvalue weighted by Gasteiger charge is -2.26. The smallest absolute Gasteiger partial charge is 0.0462 e. The van der Waals surface area contributed by atoms with Crippen molar-refractivity contribution in [2.45, 2.75) is 18.7 Å². The van der Waals surface area contributed by atoms with E-state index in [-0.39, 0.29) is 0 Å². The topological polar surface area (TPSA) is 3.24 Å². The Labute approximate surface area is 143 Å². The summed E-state index contributed by atoms with van der Waals surface area (Å²) in [5.74, 6) is 0. The Bertz CT molecular complexity index is 713. The van der Waals surface area contributed by atoms with Gasteiger partial charge in [0, 0.05) is 22.0 Å². The van der Waals surface area contributed by atoms with Crippen molar-refractivity contribution in [3.05, 3.63) is 83.9 Å². The van der Waals surface area contributed by atoms with E-state index in [0.29, 0.717) is 0 Å². The molecule has 0 atom stereocenters. The lowest BCUT2D eigenvalue weighted by atomic mass is 10.1. The Morgan fingerprint density at radius 1 is 0.565 bits per heavy atom. The van der Waals surface area contributed by atoms with Crippen molar-refractivity contribution >= 4 is 28.8 Å². The van der Waals surface area contributed by atoms with Crippen LogP contribution in [0.4, 0.5) is 17.1 Å². The molecule has 0 aliphatic carbocycles. The average molecular weight is 319 g/mol. The normalized spacial score (nSPS) is 10.6. The summed E-state index contributed by atoms with van der Waals surface area (Å²) in [6, 6.07) is 26.1. The zero-order valence-corrected chi connectivity index (χ0v) is 14.6. The molecule has 0 aliphatic rings. The molecule has 0 heterocycles. The van der Waals surface area contributed by atoms with Gasteiger partial charge >= 0.3 is 0 Å². The summed E-state index contributed by atoms with van der Waals surface area (Å²) in [4.78, 5) is 3.57. The van der Waals surface area contributed by atoms with Gasteiger partial charge in [-0.2, -0.15) is 0 Å². The number of aryl methyl sites for hydroxylation is 2. The molecule has 0 fully saturated rings. The molecule has 0 aromatic heterocycles. The van der Waals surface area contributed by atoms with Gasteiger partial charge in [-0.05, 0) is 68.6 Å². The number of thioether (sulfide) groups is 1. The van der Waals surface area contributed by atoms with Gasteiger partial charge in [0.05, 0.1) is 0 Å². The van der Waals surface area contributed by atoms with Crippen molar-refractivity contribution in [2.24, 2.45) is 0 Å². The number of nitrogens with zero attached hydrogens (tertiary/aromatic N) is 1. The van der Waals surface area contributed by atoms with Crippen molar-refractivity contribution in [1.29, 1.82) is 0 Å². The minimum Gasteiger partial charge on any atom is -0.311 e. The highest BCUT2D eigenvalue weighted by molar-refractivity contribution is 7.98. The van der Waals surface area contributed by atoms with Gasteiger partial charge in [-0.3, -0.25) is 0 Å². The first-order valence-corrected chi connectivity index (χ1v) is 8.97. The molecule has 0 saturated heterocycles. The second kappa shape index (κ2) is 6.93. The molecule has 0 spiro atoms. The van der Waals surface area contributed by atoms with Crippen LogP contribution in [0.1, 0.15) is 11.1 Å². The maximum Gasteiger partial charge on any atom is 0.0462 e. The van der Waals surface area contributed by atoms with Crippen molar-refractivity contribution in [1.82, 2.24) is 0 Å². The Morgan fingerprint density at radius 2 is 0.913 bits per heavy atom. The first-order valence-electron chi connectivity index (χ1n) is 7.75. The summed E-state index contributed by atoms with van der Waals surface area (Å²) < 4.78 is 0. The minimum atomic E-state index is 1.18. The second-order valence-corrected chi connectivity index (χ2v) is 6.58. The summed E-state index contributed by atoms with van der Waals surface area (Å²) in [6.45, 7) is 4.24. The van der Waals surface area contributed by atoms with E-state index in [1.807, 2.05) is 0 Å². The number of hydrogen-bond acceptors (Lipinski definition) is 2. The zero-order chi connectivity index (χ0) is 16.2. The van der Waals surface area contributed by atoms with E-state index in [2.05, 4.69) is 97.8 Å². The highest BCUT2D eigenvalue weighted by atomic mass is 32.2. The summed E-state index contributed by atoms with van der Waals surface area (Å²) >= 11 is 1.77. The standard InChI is InChI=1S/C21H21NS/c1-16-4-8-18(9-5-16)22(19-10-6-17(2)7-11-19)20-12-14-21(23-3)15-13-20/h4-15H,1-3H3. The fraction of sp³-hybridized carbons (Fsp3) is 0.143. The molecular weight excluding hydrogens is 298 g/mol. The SMILES string of the molecule is CSc1ccc(N(c2ccc(C)cc2)c2ccc(C)cc2)cc1. The van der Waals surface area contributed by atoms with Crippen LogP contribution >= 0.6 is 11.8 Å². The molecule has 3 aromatic rings. The molecule has 116 valence electrons. The van der Waals surface area contributed by atoms with Gasteiger partial charge in [-0.15, -0.1) is 11.8 Å². The number of anilines is 3. The maximum absolute atomic E-state index is 2.29. The van der Waals surface area contributed by atoms with Gasteiger partial charge in [0.15, 0.2) is 0 Å². The molecule has 2 heteroatoms. The average Bonchev–Trinajstić information content (AvgIpc) is 2.59. The van der Waals surface area contributed by atoms with Crippen LogP contribution in [0, 0.1) is 13.8 Å². The molecule has 1 nitrogen and oxygen atoms in total. The van der Waals surface area contributed by atoms with Gasteiger partial charge in [-0.25, -0.2) is 0 Å². The first-order chi connectivity index (χ1) is 11.2. The minimum absolute atomic E-state index is 1.18. The van der Waals surface area contributed by atoms with E-state index in [0.717, 1.165) is 0 Å². The van der Waals surface area contributed by atoms with Crippen LogP contribution in [-0.4, -0.2) is 6.26 Å². The third-order valence-electron chi connectivity index (χ3n) is 3.91. The molecule has 0 N–H and O–H groups in total. The Balaban J connectivity index is 2.08. The molecule has 0 aliphatic heterocycles. The summed E-state index contributed by atoms with van der Waals surface area (Å²) in [5.41, 5.74) is 6.08. The van der Waals surface area contributed by atoms with Crippen LogP contribution < -0.4 is 4.90 Å². The van der Waals surface area contributed by atoms with E-state index >= 15 is 0 Å². The molecule has 3 rings (SSSR count). The molecule has 0 unspecified atom stereocenters. The van der Waals surface area contributed by atoms with E-state index in [4.69, 9.17) is 0 Å². The number of benzene rings is 3. The van der Waals surface area contributed by atoms with Gasteiger partial charge in [0.1, 0.15) is 0 Å². The third kappa shape index (κ3) is 3.59. The van der Waals surface area contributed by atoms with Gasteiger partial charge in [-0.1, -0.05) is 35.4 Å². The van der Waals surface area contributed by atoms with Gasteiger partial charge in [0.25, 0.3) is 0 Å². The lowest BCUT2D eigenvalue weighted by molar-refractivity contribution is 1.26. The molecule has 3 aromatic carbocycles. The van der Waals surface area contributed by atoms with Crippen LogP contribution in [0.15, 0.2) is 77.7 Å². The maximum atomic E-state index is 2.29. The Hall–Kier alpha value is -2.19. The third-order valence-corrected chi connectivity index (χ3v) is 4.66. The van der Waals surface area contributed by atoms with Crippen molar-refractivity contribution in [3.63, 3.8) is 0 Å². The molecule has 0 amide bonds. The van der Waals surface area contributed by atoms with Gasteiger partial charge < -0.3 is 4.90 Å². The second-order valence-electron chi connectivity index (χ2n) is 5.70. The summed E-state index contributed by atoms with van der Waals surface area (Å²) in [7, 11) is 0. The fourth-order valence-electron chi connectivity index (χ4n) is 2.57. The summed E-state index contributed by atoms with van der Waals surface area (Å²) in [5, 5.41) is 0. The lowest BCUT2D eigenvalue weighted by Crippen LogP contribution is -2.09. The fourth-order valence-corrected chi connectivity index (χ4v) is 2.97. The van der Waals surface area contributed by atoms with Crippen LogP contribution in [0.5, 0.6) is 0 Å². The largest absolute Gasteiger partial charge is 0.311 e. The summed E-state index contributed by atoms with van der Waals surface area (Å²) in [6.07, 6.45) is 2.10. The van der Waals surface area contributed by atoms with E-state index in [9.17, 15) is 0 Å². The van der Waals surface area contributed by atoms with Crippen LogP contribution in [0.2, 0.25) is 0 Å². The van der Waals surface area contributed by atoms with Crippen molar-refractivity contribution < 1.29 is 0 Å². The molecule has 0 saturated carbocycles. The number of hydrogen-bond donors (Lipinski definition) is 0. The van der Waals surface area contributed by atoms with Crippen LogP contribution in [0.25, 0.3) is 0 Å². The van der Waals surface area contributed by atoms with Crippen LogP contribution in [0.3, 0.4) is 0 Å². The monoisotopic (exact) mass is 319 g/mol. The van der Waals surface area contributed by atoms with E-state index < -0.39 is 0 Å². The first kappa shape index (κ1) is 15.7. The van der Waals surface area contributed by atoms with Gasteiger partial charge in [0.2, 0.25) is 0 Å². The quantitative estimate of drug-likeness (QED) is 0.505. The highest BCUT2D eigenvalue weighted by Crippen LogP contribution is 2.35. The predicted molar refractivity (Wildman–Crippen MR) is 102 cm³/mol. The molecular formula is C21H21NS. The predicted octanol–water partition coefficient (Wildman–Crippen LogP) is 6.50. The molecule has 0 radical (unpaired) electrons. The van der Waals surface area contributed by atoms with E-state index in [1.165, 1.54) is 33.1 Å². The Morgan fingerprint density at radius 3 is 1.26 bits per heavy atom. The highest BCUT2D eigenvalue weighted by Gasteiger charge is 2.11. The molecule has 0 bridgehead atoms. The van der Waals surface area contributed by atoms with Crippen molar-refractivity contribution in [3.8, 4) is 0 Å². The van der Waals surface area contributed by atoms with E-state index in [1.54, 1.807) is 11.8 Å². The zero-order valence-electron chi connectivity index (χ0n) is 13.8. The van der Waals surface area contributed by atoms with Crippen molar-refractivity contribution in [2.75, 3.05) is 11.2 Å². The van der Waals surface area contributed by atoms with Crippen LogP contribution in [-0.2, 0) is 0 Å². The molecule has 23 heavy (non-hydrogen) atoms. The Kier molecular flexibility index (Phi) is 4.73.